The maximum atomic E-state index is 12.0. The molecule has 4 rings (SSSR count). The summed E-state index contributed by atoms with van der Waals surface area (Å²) in [6, 6.07) is 8.99. The highest BCUT2D eigenvalue weighted by Gasteiger charge is 2.28. The molecule has 9 heteroatoms. The number of likely N-dealkylation sites (tertiary alicyclic amines) is 1. The van der Waals surface area contributed by atoms with Gasteiger partial charge >= 0.3 is 0 Å². The van der Waals surface area contributed by atoms with Gasteiger partial charge in [0.2, 0.25) is 5.91 Å². The van der Waals surface area contributed by atoms with Crippen molar-refractivity contribution in [2.45, 2.75) is 37.8 Å². The molecule has 2 aliphatic rings. The molecular formula is C22H27N3O5S. The zero-order valence-electron chi connectivity index (χ0n) is 17.8. The maximum absolute atomic E-state index is 12.0. The third kappa shape index (κ3) is 4.46. The number of hydrogen-bond acceptors (Lipinski definition) is 7. The first kappa shape index (κ1) is 21.4. The number of hydrogen-bond donors (Lipinski definition) is 0. The summed E-state index contributed by atoms with van der Waals surface area (Å²) in [5, 5.41) is 0.0803. The normalized spacial score (nSPS) is 18.5. The molecule has 0 spiro atoms. The van der Waals surface area contributed by atoms with Gasteiger partial charge in [-0.2, -0.15) is 0 Å². The van der Waals surface area contributed by atoms with Crippen molar-refractivity contribution < 1.29 is 22.7 Å². The van der Waals surface area contributed by atoms with Gasteiger partial charge in [0.25, 0.3) is 0 Å². The summed E-state index contributed by atoms with van der Waals surface area (Å²) in [5.41, 5.74) is 1.63. The van der Waals surface area contributed by atoms with Gasteiger partial charge < -0.3 is 19.3 Å². The van der Waals surface area contributed by atoms with E-state index >= 15 is 0 Å². The number of aromatic nitrogens is 1. The van der Waals surface area contributed by atoms with Crippen molar-refractivity contribution in [3.05, 3.63) is 36.5 Å². The van der Waals surface area contributed by atoms with Crippen molar-refractivity contribution in [1.29, 1.82) is 0 Å². The first-order chi connectivity index (χ1) is 14.9. The molecule has 1 aromatic heterocycles. The number of benzene rings is 1. The number of anilines is 2. The van der Waals surface area contributed by atoms with Crippen molar-refractivity contribution in [3.8, 4) is 11.5 Å². The minimum atomic E-state index is -3.34. The molecule has 0 aliphatic carbocycles. The number of ether oxygens (including phenoxy) is 2. The van der Waals surface area contributed by atoms with Crippen LogP contribution in [0.2, 0.25) is 0 Å². The molecule has 2 aromatic rings. The smallest absolute Gasteiger partial charge is 0.222 e. The van der Waals surface area contributed by atoms with E-state index in [4.69, 9.17) is 9.47 Å². The molecule has 1 saturated heterocycles. The lowest BCUT2D eigenvalue weighted by molar-refractivity contribution is -0.130. The fraction of sp³-hybridized carbons (Fsp3) is 0.455. The molecule has 0 bridgehead atoms. The predicted octanol–water partition coefficient (Wildman–Crippen LogP) is 2.80. The van der Waals surface area contributed by atoms with E-state index in [0.717, 1.165) is 30.1 Å². The number of rotatable bonds is 6. The Kier molecular flexibility index (Phi) is 6.04. The second-order valence-electron chi connectivity index (χ2n) is 7.61. The lowest BCUT2D eigenvalue weighted by Crippen LogP contribution is -2.30. The molecule has 1 fully saturated rings. The molecule has 8 nitrogen and oxygen atoms in total. The lowest BCUT2D eigenvalue weighted by atomic mass is 10.2. The van der Waals surface area contributed by atoms with Crippen LogP contribution in [-0.2, 0) is 14.6 Å². The Morgan fingerprint density at radius 3 is 2.77 bits per heavy atom. The minimum absolute atomic E-state index is 0.0167. The van der Waals surface area contributed by atoms with Gasteiger partial charge in [-0.1, -0.05) is 13.8 Å². The quantitative estimate of drug-likeness (QED) is 0.675. The highest BCUT2D eigenvalue weighted by atomic mass is 32.2. The molecular weight excluding hydrogens is 418 g/mol. The second-order valence-corrected chi connectivity index (χ2v) is 9.83. The average Bonchev–Trinajstić information content (AvgIpc) is 3.26. The summed E-state index contributed by atoms with van der Waals surface area (Å²) in [5.74, 6) is 1.61. The van der Waals surface area contributed by atoms with Crippen LogP contribution < -0.4 is 14.4 Å². The van der Waals surface area contributed by atoms with Crippen LogP contribution in [0.1, 0.15) is 26.7 Å². The maximum Gasteiger partial charge on any atom is 0.222 e. The molecule has 1 atom stereocenters. The van der Waals surface area contributed by atoms with E-state index in [9.17, 15) is 13.2 Å². The van der Waals surface area contributed by atoms with Crippen LogP contribution in [0.4, 0.5) is 11.4 Å². The van der Waals surface area contributed by atoms with Crippen LogP contribution in [-0.4, -0.2) is 62.3 Å². The molecule has 166 valence electrons. The van der Waals surface area contributed by atoms with Gasteiger partial charge in [-0.3, -0.25) is 4.79 Å². The standard InChI is InChI=1S/C22H27N3O5S/c1-3-22(26)24-10-9-18(15-24)30-17-6-7-20-19(13-17)25(11-12-29-20)16-5-8-21(23-14-16)31(27,28)4-2/h5-8,13-14,18H,3-4,9-12,15H2,1-2H3. The van der Waals surface area contributed by atoms with E-state index in [1.54, 1.807) is 25.3 Å². The molecule has 0 saturated carbocycles. The van der Waals surface area contributed by atoms with Crippen LogP contribution in [0.5, 0.6) is 11.5 Å². The zero-order chi connectivity index (χ0) is 22.0. The Morgan fingerprint density at radius 2 is 2.06 bits per heavy atom. The first-order valence-corrected chi connectivity index (χ1v) is 12.2. The minimum Gasteiger partial charge on any atom is -0.490 e. The summed E-state index contributed by atoms with van der Waals surface area (Å²) in [6.07, 6.45) is 2.85. The van der Waals surface area contributed by atoms with Gasteiger partial charge in [0, 0.05) is 25.5 Å². The monoisotopic (exact) mass is 445 g/mol. The number of fused-ring (bicyclic) bond motifs is 1. The number of carbonyl (C=O) groups excluding carboxylic acids is 1. The number of sulfone groups is 1. The average molecular weight is 446 g/mol. The Bertz CT molecular complexity index is 1060. The van der Waals surface area contributed by atoms with Crippen molar-refractivity contribution in [2.24, 2.45) is 0 Å². The Labute approximate surface area is 182 Å². The topological polar surface area (TPSA) is 89.0 Å². The van der Waals surface area contributed by atoms with Crippen molar-refractivity contribution >= 4 is 27.1 Å². The van der Waals surface area contributed by atoms with E-state index in [1.807, 2.05) is 34.9 Å². The van der Waals surface area contributed by atoms with Gasteiger partial charge in [0.15, 0.2) is 14.9 Å². The largest absolute Gasteiger partial charge is 0.490 e. The number of carbonyl (C=O) groups is 1. The van der Waals surface area contributed by atoms with Gasteiger partial charge in [-0.15, -0.1) is 0 Å². The summed E-state index contributed by atoms with van der Waals surface area (Å²) >= 11 is 0. The van der Waals surface area contributed by atoms with E-state index < -0.39 is 9.84 Å². The van der Waals surface area contributed by atoms with Gasteiger partial charge in [0.05, 0.1) is 36.4 Å². The molecule has 1 aromatic carbocycles. The van der Waals surface area contributed by atoms with E-state index in [2.05, 4.69) is 4.98 Å². The predicted molar refractivity (Wildman–Crippen MR) is 117 cm³/mol. The lowest BCUT2D eigenvalue weighted by Gasteiger charge is -2.31. The van der Waals surface area contributed by atoms with E-state index in [-0.39, 0.29) is 22.8 Å². The molecule has 1 unspecified atom stereocenters. The summed E-state index contributed by atoms with van der Waals surface area (Å²) in [6.45, 7) is 5.91. The molecule has 3 heterocycles. The van der Waals surface area contributed by atoms with Gasteiger partial charge in [-0.25, -0.2) is 13.4 Å². The van der Waals surface area contributed by atoms with Crippen LogP contribution in [0, 0.1) is 0 Å². The zero-order valence-corrected chi connectivity index (χ0v) is 18.6. The second kappa shape index (κ2) is 8.74. The van der Waals surface area contributed by atoms with Crippen molar-refractivity contribution in [2.75, 3.05) is 36.9 Å². The molecule has 2 aliphatic heterocycles. The fourth-order valence-corrected chi connectivity index (χ4v) is 4.65. The SMILES string of the molecule is CCC(=O)N1CCC(Oc2ccc3c(c2)N(c2ccc(S(=O)(=O)CC)nc2)CCO3)C1. The van der Waals surface area contributed by atoms with Crippen molar-refractivity contribution in [1.82, 2.24) is 9.88 Å². The third-order valence-electron chi connectivity index (χ3n) is 5.63. The van der Waals surface area contributed by atoms with E-state index in [1.165, 1.54) is 0 Å². The fourth-order valence-electron chi connectivity index (χ4n) is 3.87. The number of amides is 1. The molecule has 1 amide bonds. The van der Waals surface area contributed by atoms with Gasteiger partial charge in [0.1, 0.15) is 24.2 Å². The van der Waals surface area contributed by atoms with Crippen molar-refractivity contribution in [3.63, 3.8) is 0 Å². The Balaban J connectivity index is 1.54. The van der Waals surface area contributed by atoms with E-state index in [0.29, 0.717) is 31.9 Å². The van der Waals surface area contributed by atoms with Crippen LogP contribution in [0.15, 0.2) is 41.6 Å². The van der Waals surface area contributed by atoms with Crippen LogP contribution in [0.3, 0.4) is 0 Å². The summed E-state index contributed by atoms with van der Waals surface area (Å²) in [7, 11) is -3.34. The number of pyridine rings is 1. The number of nitrogens with zero attached hydrogens (tertiary/aromatic N) is 3. The van der Waals surface area contributed by atoms with Crippen LogP contribution >= 0.6 is 0 Å². The Morgan fingerprint density at radius 1 is 1.23 bits per heavy atom. The molecule has 0 N–H and O–H groups in total. The molecule has 0 radical (unpaired) electrons. The molecule has 31 heavy (non-hydrogen) atoms. The summed E-state index contributed by atoms with van der Waals surface area (Å²) < 4.78 is 36.0. The highest BCUT2D eigenvalue weighted by molar-refractivity contribution is 7.91. The highest BCUT2D eigenvalue weighted by Crippen LogP contribution is 2.39. The van der Waals surface area contributed by atoms with Crippen LogP contribution in [0.25, 0.3) is 0 Å². The van der Waals surface area contributed by atoms with Gasteiger partial charge in [-0.05, 0) is 24.3 Å². The third-order valence-corrected chi connectivity index (χ3v) is 7.27. The Hall–Kier alpha value is -2.81. The first-order valence-electron chi connectivity index (χ1n) is 10.6. The summed E-state index contributed by atoms with van der Waals surface area (Å²) in [4.78, 5) is 20.0.